The van der Waals surface area contributed by atoms with Crippen LogP contribution in [0.15, 0.2) is 35.7 Å². The number of nitrogens with one attached hydrogen (secondary N) is 1. The Morgan fingerprint density at radius 2 is 2.00 bits per heavy atom. The molecule has 1 aromatic carbocycles. The molecule has 0 spiro atoms. The largest absolute Gasteiger partial charge is 0.493 e. The molecule has 146 valence electrons. The fraction of sp³-hybridized carbons (Fsp3) is 0.381. The highest BCUT2D eigenvalue weighted by Gasteiger charge is 2.28. The topological polar surface area (TPSA) is 75.7 Å². The van der Waals surface area contributed by atoms with E-state index in [9.17, 15) is 14.4 Å². The molecule has 1 N–H and O–H groups in total. The van der Waals surface area contributed by atoms with E-state index in [0.717, 1.165) is 30.6 Å². The van der Waals surface area contributed by atoms with Crippen LogP contribution in [0.1, 0.15) is 38.4 Å². The lowest BCUT2D eigenvalue weighted by molar-refractivity contribution is -0.127. The van der Waals surface area contributed by atoms with Gasteiger partial charge in [0.15, 0.2) is 0 Å². The minimum Gasteiger partial charge on any atom is -0.493 e. The lowest BCUT2D eigenvalue weighted by Gasteiger charge is -2.31. The molecule has 2 aliphatic rings. The van der Waals surface area contributed by atoms with Crippen LogP contribution in [0.4, 0.5) is 0 Å². The SMILES string of the molecule is O=C(NCC1CCN(C(=O)C(=O)c2cccs2)CC1)c1ccc2c(c1)CCO2. The second-order valence-electron chi connectivity index (χ2n) is 7.17. The average Bonchev–Trinajstić information content (AvgIpc) is 3.42. The Morgan fingerprint density at radius 1 is 1.18 bits per heavy atom. The smallest absolute Gasteiger partial charge is 0.295 e. The molecule has 3 heterocycles. The first-order valence-electron chi connectivity index (χ1n) is 9.53. The van der Waals surface area contributed by atoms with Crippen molar-refractivity contribution in [2.24, 2.45) is 5.92 Å². The maximum absolute atomic E-state index is 12.4. The number of hydrogen-bond acceptors (Lipinski definition) is 5. The van der Waals surface area contributed by atoms with E-state index in [1.807, 2.05) is 12.1 Å². The molecule has 2 aliphatic heterocycles. The predicted molar refractivity (Wildman–Crippen MR) is 106 cm³/mol. The number of hydrogen-bond donors (Lipinski definition) is 1. The molecule has 0 saturated carbocycles. The van der Waals surface area contributed by atoms with Gasteiger partial charge in [-0.15, -0.1) is 11.3 Å². The zero-order valence-corrected chi connectivity index (χ0v) is 16.3. The highest BCUT2D eigenvalue weighted by molar-refractivity contribution is 7.13. The van der Waals surface area contributed by atoms with Gasteiger partial charge >= 0.3 is 0 Å². The van der Waals surface area contributed by atoms with Crippen LogP contribution in [0.3, 0.4) is 0 Å². The summed E-state index contributed by atoms with van der Waals surface area (Å²) >= 11 is 1.29. The van der Waals surface area contributed by atoms with Crippen molar-refractivity contribution in [2.75, 3.05) is 26.2 Å². The van der Waals surface area contributed by atoms with E-state index in [2.05, 4.69) is 5.32 Å². The van der Waals surface area contributed by atoms with Gasteiger partial charge in [0.25, 0.3) is 17.6 Å². The zero-order chi connectivity index (χ0) is 19.5. The van der Waals surface area contributed by atoms with E-state index in [1.54, 1.807) is 28.5 Å². The fourth-order valence-electron chi connectivity index (χ4n) is 3.66. The van der Waals surface area contributed by atoms with Crippen LogP contribution >= 0.6 is 11.3 Å². The van der Waals surface area contributed by atoms with E-state index in [0.29, 0.717) is 42.6 Å². The Hall–Kier alpha value is -2.67. The lowest BCUT2D eigenvalue weighted by Crippen LogP contribution is -2.44. The molecular weight excluding hydrogens is 376 g/mol. The van der Waals surface area contributed by atoms with Gasteiger partial charge in [0.1, 0.15) is 5.75 Å². The summed E-state index contributed by atoms with van der Waals surface area (Å²) < 4.78 is 5.47. The number of ketones is 1. The summed E-state index contributed by atoms with van der Waals surface area (Å²) in [7, 11) is 0. The first-order valence-corrected chi connectivity index (χ1v) is 10.4. The van der Waals surface area contributed by atoms with Crippen LogP contribution < -0.4 is 10.1 Å². The van der Waals surface area contributed by atoms with Gasteiger partial charge in [-0.3, -0.25) is 14.4 Å². The highest BCUT2D eigenvalue weighted by atomic mass is 32.1. The van der Waals surface area contributed by atoms with Gasteiger partial charge in [-0.05, 0) is 54.0 Å². The Kier molecular flexibility index (Phi) is 5.43. The Balaban J connectivity index is 1.25. The van der Waals surface area contributed by atoms with Crippen LogP contribution in [0.5, 0.6) is 5.75 Å². The predicted octanol–water partition coefficient (Wildman–Crippen LogP) is 2.53. The molecule has 0 aliphatic carbocycles. The molecule has 1 saturated heterocycles. The molecule has 6 nitrogen and oxygen atoms in total. The number of thiophene rings is 1. The van der Waals surface area contributed by atoms with Gasteiger partial charge in [0.05, 0.1) is 11.5 Å². The zero-order valence-electron chi connectivity index (χ0n) is 15.5. The summed E-state index contributed by atoms with van der Waals surface area (Å²) in [6.07, 6.45) is 2.40. The molecule has 1 aromatic heterocycles. The van der Waals surface area contributed by atoms with Crippen molar-refractivity contribution in [1.29, 1.82) is 0 Å². The van der Waals surface area contributed by atoms with E-state index in [4.69, 9.17) is 4.74 Å². The quantitative estimate of drug-likeness (QED) is 0.620. The molecule has 0 bridgehead atoms. The van der Waals surface area contributed by atoms with E-state index < -0.39 is 11.7 Å². The van der Waals surface area contributed by atoms with Gasteiger partial charge in [-0.25, -0.2) is 0 Å². The summed E-state index contributed by atoms with van der Waals surface area (Å²) in [4.78, 5) is 39.1. The molecule has 0 atom stereocenters. The number of benzene rings is 1. The lowest BCUT2D eigenvalue weighted by atomic mass is 9.96. The molecule has 0 unspecified atom stereocenters. The number of carbonyl (C=O) groups is 3. The fourth-order valence-corrected chi connectivity index (χ4v) is 4.32. The second-order valence-corrected chi connectivity index (χ2v) is 8.12. The molecule has 4 rings (SSSR count). The standard InChI is InChI=1S/C21H22N2O4S/c24-19(18-2-1-11-28-18)21(26)23-8-5-14(6-9-23)13-22-20(25)16-3-4-17-15(12-16)7-10-27-17/h1-4,11-12,14H,5-10,13H2,(H,22,25). The van der Waals surface area contributed by atoms with Crippen molar-refractivity contribution in [2.45, 2.75) is 19.3 Å². The van der Waals surface area contributed by atoms with Crippen molar-refractivity contribution >= 4 is 28.9 Å². The number of piperidine rings is 1. The maximum atomic E-state index is 12.4. The summed E-state index contributed by atoms with van der Waals surface area (Å²) in [5.41, 5.74) is 1.73. The van der Waals surface area contributed by atoms with Crippen molar-refractivity contribution in [3.8, 4) is 5.75 Å². The monoisotopic (exact) mass is 398 g/mol. The van der Waals surface area contributed by atoms with Crippen LogP contribution in [0, 0.1) is 5.92 Å². The first kappa shape index (κ1) is 18.7. The van der Waals surface area contributed by atoms with Gasteiger partial charge in [0.2, 0.25) is 0 Å². The van der Waals surface area contributed by atoms with E-state index >= 15 is 0 Å². The summed E-state index contributed by atoms with van der Waals surface area (Å²) in [5.74, 6) is 0.238. The van der Waals surface area contributed by atoms with Crippen LogP contribution in [-0.2, 0) is 11.2 Å². The molecule has 2 aromatic rings. The maximum Gasteiger partial charge on any atom is 0.295 e. The first-order chi connectivity index (χ1) is 13.6. The number of amides is 2. The molecule has 2 amide bonds. The van der Waals surface area contributed by atoms with Crippen molar-refractivity contribution in [1.82, 2.24) is 10.2 Å². The third-order valence-corrected chi connectivity index (χ3v) is 6.21. The normalized spacial score (nSPS) is 16.4. The summed E-state index contributed by atoms with van der Waals surface area (Å²) in [5, 5.41) is 4.80. The van der Waals surface area contributed by atoms with Crippen molar-refractivity contribution in [3.63, 3.8) is 0 Å². The van der Waals surface area contributed by atoms with E-state index in [1.165, 1.54) is 11.3 Å². The number of fused-ring (bicyclic) bond motifs is 1. The minimum atomic E-state index is -0.428. The minimum absolute atomic E-state index is 0.0823. The van der Waals surface area contributed by atoms with Gasteiger partial charge in [-0.2, -0.15) is 0 Å². The number of likely N-dealkylation sites (tertiary alicyclic amines) is 1. The van der Waals surface area contributed by atoms with E-state index in [-0.39, 0.29) is 5.91 Å². The second kappa shape index (κ2) is 8.14. The third kappa shape index (κ3) is 3.94. The Morgan fingerprint density at radius 3 is 2.75 bits per heavy atom. The highest BCUT2D eigenvalue weighted by Crippen LogP contribution is 2.26. The van der Waals surface area contributed by atoms with Crippen molar-refractivity contribution in [3.05, 3.63) is 51.7 Å². The number of ether oxygens (including phenoxy) is 1. The van der Waals surface area contributed by atoms with Gasteiger partial charge < -0.3 is 15.0 Å². The van der Waals surface area contributed by atoms with Crippen molar-refractivity contribution < 1.29 is 19.1 Å². The Bertz CT molecular complexity index is 886. The van der Waals surface area contributed by atoms with Crippen LogP contribution in [0.2, 0.25) is 0 Å². The van der Waals surface area contributed by atoms with Gasteiger partial charge in [-0.1, -0.05) is 6.07 Å². The molecule has 7 heteroatoms. The van der Waals surface area contributed by atoms with Gasteiger partial charge in [0, 0.05) is 31.6 Å². The Labute approximate surface area is 167 Å². The third-order valence-electron chi connectivity index (χ3n) is 5.34. The molecule has 0 radical (unpaired) electrons. The number of carbonyl (C=O) groups excluding carboxylic acids is 3. The van der Waals surface area contributed by atoms with Crippen LogP contribution in [-0.4, -0.2) is 48.7 Å². The molecular formula is C21H22N2O4S. The molecule has 28 heavy (non-hydrogen) atoms. The van der Waals surface area contributed by atoms with Crippen LogP contribution in [0.25, 0.3) is 0 Å². The number of nitrogens with zero attached hydrogens (tertiary/aromatic N) is 1. The summed E-state index contributed by atoms with van der Waals surface area (Å²) in [6.45, 7) is 2.35. The summed E-state index contributed by atoms with van der Waals surface area (Å²) in [6, 6.07) is 8.99. The average molecular weight is 398 g/mol. The molecule has 1 fully saturated rings. The number of Topliss-reactive ketones (excluding diaryl/α,β-unsaturated/α-hetero) is 1. The number of rotatable bonds is 5.